The third kappa shape index (κ3) is 3.44. The Morgan fingerprint density at radius 3 is 2.14 bits per heavy atom. The minimum Gasteiger partial charge on any atom is -0.508 e. The van der Waals surface area contributed by atoms with Crippen molar-refractivity contribution in [1.29, 1.82) is 0 Å². The second kappa shape index (κ2) is 8.31. The highest BCUT2D eigenvalue weighted by Crippen LogP contribution is 2.53. The van der Waals surface area contributed by atoms with Gasteiger partial charge in [-0.3, -0.25) is 0 Å². The molecule has 6 rings (SSSR count). The summed E-state index contributed by atoms with van der Waals surface area (Å²) in [6, 6.07) is 33.1. The van der Waals surface area contributed by atoms with Crippen molar-refractivity contribution < 1.29 is 15.3 Å². The van der Waals surface area contributed by atoms with E-state index in [1.807, 2.05) is 42.5 Å². The van der Waals surface area contributed by atoms with Gasteiger partial charge in [0.2, 0.25) is 0 Å². The van der Waals surface area contributed by atoms with Gasteiger partial charge < -0.3 is 15.3 Å². The van der Waals surface area contributed by atoms with Crippen LogP contribution < -0.4 is 0 Å². The molecule has 0 radical (unpaired) electrons. The summed E-state index contributed by atoms with van der Waals surface area (Å²) in [5.41, 5.74) is 5.57. The van der Waals surface area contributed by atoms with Gasteiger partial charge in [-0.15, -0.1) is 0 Å². The first-order valence-electron chi connectivity index (χ1n) is 12.1. The summed E-state index contributed by atoms with van der Waals surface area (Å²) in [4.78, 5) is 0. The van der Waals surface area contributed by atoms with Crippen LogP contribution in [0.25, 0.3) is 28.0 Å². The lowest BCUT2D eigenvalue weighted by Gasteiger charge is -2.38. The van der Waals surface area contributed by atoms with Crippen molar-refractivity contribution in [3.05, 3.63) is 131 Å². The molecule has 0 amide bonds. The Hall–Kier alpha value is -4.50. The summed E-state index contributed by atoms with van der Waals surface area (Å²) in [6.45, 7) is 2.17. The number of rotatable bonds is 4. The zero-order chi connectivity index (χ0) is 24.9. The molecule has 5 aromatic carbocycles. The third-order valence-electron chi connectivity index (χ3n) is 7.59. The van der Waals surface area contributed by atoms with E-state index in [2.05, 4.69) is 49.4 Å². The van der Waals surface area contributed by atoms with Gasteiger partial charge in [-0.2, -0.15) is 0 Å². The topological polar surface area (TPSA) is 60.7 Å². The van der Waals surface area contributed by atoms with Gasteiger partial charge >= 0.3 is 0 Å². The molecule has 0 aromatic heterocycles. The van der Waals surface area contributed by atoms with Crippen molar-refractivity contribution in [2.24, 2.45) is 0 Å². The van der Waals surface area contributed by atoms with Gasteiger partial charge in [-0.1, -0.05) is 91.9 Å². The van der Waals surface area contributed by atoms with Crippen LogP contribution in [0.5, 0.6) is 17.2 Å². The van der Waals surface area contributed by atoms with Gasteiger partial charge in [0.25, 0.3) is 0 Å². The molecule has 1 aliphatic rings. The fourth-order valence-electron chi connectivity index (χ4n) is 5.77. The summed E-state index contributed by atoms with van der Waals surface area (Å²) in [7, 11) is 0. The summed E-state index contributed by atoms with van der Waals surface area (Å²) < 4.78 is 0. The molecule has 3 heteroatoms. The normalized spacial score (nSPS) is 16.1. The molecule has 3 nitrogen and oxygen atoms in total. The highest BCUT2D eigenvalue weighted by atomic mass is 16.3. The predicted octanol–water partition coefficient (Wildman–Crippen LogP) is 7.74. The molecule has 0 spiro atoms. The van der Waals surface area contributed by atoms with E-state index in [0.29, 0.717) is 0 Å². The molecule has 0 aliphatic heterocycles. The fraction of sp³-hybridized carbons (Fsp3) is 0.0909. The van der Waals surface area contributed by atoms with E-state index in [1.54, 1.807) is 30.3 Å². The number of fused-ring (bicyclic) bond motifs is 2. The fourth-order valence-corrected chi connectivity index (χ4v) is 5.77. The predicted molar refractivity (Wildman–Crippen MR) is 145 cm³/mol. The smallest absolute Gasteiger partial charge is 0.120 e. The molecule has 0 saturated heterocycles. The van der Waals surface area contributed by atoms with E-state index in [1.165, 1.54) is 0 Å². The molecule has 0 saturated carbocycles. The zero-order valence-electron chi connectivity index (χ0n) is 19.9. The quantitative estimate of drug-likeness (QED) is 0.252. The molecule has 0 fully saturated rings. The lowest BCUT2D eigenvalue weighted by atomic mass is 9.64. The molecule has 176 valence electrons. The van der Waals surface area contributed by atoms with Crippen molar-refractivity contribution in [2.45, 2.75) is 18.3 Å². The first kappa shape index (κ1) is 22.0. The van der Waals surface area contributed by atoms with Crippen LogP contribution in [-0.4, -0.2) is 15.3 Å². The van der Waals surface area contributed by atoms with Crippen LogP contribution >= 0.6 is 0 Å². The summed E-state index contributed by atoms with van der Waals surface area (Å²) >= 11 is 0. The second-order valence-corrected chi connectivity index (χ2v) is 9.66. The molecule has 0 bridgehead atoms. The maximum atomic E-state index is 11.3. The van der Waals surface area contributed by atoms with Crippen LogP contribution in [0.2, 0.25) is 0 Å². The molecule has 1 aliphatic carbocycles. The van der Waals surface area contributed by atoms with Crippen molar-refractivity contribution in [1.82, 2.24) is 0 Å². The molecule has 0 heterocycles. The summed E-state index contributed by atoms with van der Waals surface area (Å²) in [5.74, 6) is 0.551. The Labute approximate surface area is 210 Å². The first-order chi connectivity index (χ1) is 17.4. The van der Waals surface area contributed by atoms with Gasteiger partial charge in [-0.05, 0) is 68.9 Å². The Morgan fingerprint density at radius 1 is 0.667 bits per heavy atom. The molecular formula is C33H26O3. The molecular weight excluding hydrogens is 444 g/mol. The number of hydrogen-bond donors (Lipinski definition) is 3. The highest BCUT2D eigenvalue weighted by Gasteiger charge is 2.42. The van der Waals surface area contributed by atoms with Gasteiger partial charge in [0, 0.05) is 16.9 Å². The van der Waals surface area contributed by atoms with Gasteiger partial charge in [0.1, 0.15) is 17.2 Å². The molecule has 2 unspecified atom stereocenters. The van der Waals surface area contributed by atoms with E-state index in [4.69, 9.17) is 0 Å². The van der Waals surface area contributed by atoms with Crippen LogP contribution in [-0.2, 0) is 5.41 Å². The lowest BCUT2D eigenvalue weighted by molar-refractivity contribution is 0.435. The Bertz CT molecular complexity index is 1620. The van der Waals surface area contributed by atoms with Gasteiger partial charge in [-0.25, -0.2) is 0 Å². The van der Waals surface area contributed by atoms with E-state index in [0.717, 1.165) is 44.2 Å². The van der Waals surface area contributed by atoms with E-state index >= 15 is 0 Å². The van der Waals surface area contributed by atoms with Crippen molar-refractivity contribution >= 4 is 16.8 Å². The summed E-state index contributed by atoms with van der Waals surface area (Å²) in [5, 5.41) is 33.3. The van der Waals surface area contributed by atoms with Crippen LogP contribution in [0, 0.1) is 0 Å². The van der Waals surface area contributed by atoms with E-state index in [-0.39, 0.29) is 23.2 Å². The SMILES string of the molecule is CC(c1ccc(-c2ccccc2)cc1)(c1c(O)ccc2cc(O)ccc12)C1C=Cc2cc(O)ccc21. The molecule has 3 N–H and O–H groups in total. The maximum absolute atomic E-state index is 11.3. The molecule has 2 atom stereocenters. The summed E-state index contributed by atoms with van der Waals surface area (Å²) in [6.07, 6.45) is 4.21. The highest BCUT2D eigenvalue weighted by molar-refractivity contribution is 5.91. The van der Waals surface area contributed by atoms with Crippen molar-refractivity contribution in [3.8, 4) is 28.4 Å². The number of hydrogen-bond acceptors (Lipinski definition) is 3. The van der Waals surface area contributed by atoms with E-state index in [9.17, 15) is 15.3 Å². The van der Waals surface area contributed by atoms with E-state index < -0.39 is 5.41 Å². The largest absolute Gasteiger partial charge is 0.508 e. The lowest BCUT2D eigenvalue weighted by Crippen LogP contribution is -2.31. The number of aromatic hydroxyl groups is 3. The molecule has 5 aromatic rings. The monoisotopic (exact) mass is 470 g/mol. The number of phenols is 3. The molecule has 36 heavy (non-hydrogen) atoms. The maximum Gasteiger partial charge on any atom is 0.120 e. The van der Waals surface area contributed by atoms with Crippen LogP contribution in [0.4, 0.5) is 0 Å². The number of allylic oxidation sites excluding steroid dienone is 1. The van der Waals surface area contributed by atoms with Crippen molar-refractivity contribution in [3.63, 3.8) is 0 Å². The Morgan fingerprint density at radius 2 is 1.36 bits per heavy atom. The minimum atomic E-state index is -0.644. The van der Waals surface area contributed by atoms with Crippen molar-refractivity contribution in [2.75, 3.05) is 0 Å². The zero-order valence-corrected chi connectivity index (χ0v) is 19.9. The first-order valence-corrected chi connectivity index (χ1v) is 12.1. The average Bonchev–Trinajstić information content (AvgIpc) is 3.32. The Kier molecular flexibility index (Phi) is 5.08. The second-order valence-electron chi connectivity index (χ2n) is 9.66. The van der Waals surface area contributed by atoms with Crippen LogP contribution in [0.15, 0.2) is 109 Å². The number of phenolic OH excluding ortho intramolecular Hbond substituents is 3. The van der Waals surface area contributed by atoms with Gasteiger partial charge in [0.15, 0.2) is 0 Å². The third-order valence-corrected chi connectivity index (χ3v) is 7.59. The van der Waals surface area contributed by atoms with Crippen LogP contribution in [0.1, 0.15) is 35.1 Å². The minimum absolute atomic E-state index is 0.0824. The van der Waals surface area contributed by atoms with Gasteiger partial charge in [0.05, 0.1) is 0 Å². The average molecular weight is 471 g/mol. The number of benzene rings is 5. The van der Waals surface area contributed by atoms with Crippen LogP contribution in [0.3, 0.4) is 0 Å². The standard InChI is InChI=1S/C33H26O3/c1-33(30-17-9-23-19-26(34)13-15-28(23)30,25-11-7-22(8-12-25)21-5-3-2-4-6-21)32-29-16-14-27(35)20-24(29)10-18-31(32)36/h2-20,30,34-36H,1H3. The Balaban J connectivity index is 1.60.